The van der Waals surface area contributed by atoms with Gasteiger partial charge in [-0.1, -0.05) is 6.08 Å². The highest BCUT2D eigenvalue weighted by molar-refractivity contribution is 5.72. The third-order valence-corrected chi connectivity index (χ3v) is 1.74. The fourth-order valence-electron chi connectivity index (χ4n) is 1.01. The van der Waals surface area contributed by atoms with Crippen LogP contribution in [0.25, 0.3) is 6.08 Å². The zero-order chi connectivity index (χ0) is 10.4. The van der Waals surface area contributed by atoms with Gasteiger partial charge in [-0.05, 0) is 30.7 Å². The summed E-state index contributed by atoms with van der Waals surface area (Å²) in [5, 5.41) is 0. The quantitative estimate of drug-likeness (QED) is 0.685. The predicted octanol–water partition coefficient (Wildman–Crippen LogP) is 1.97. The fraction of sp³-hybridized carbons (Fsp3) is 0.273. The third-order valence-electron chi connectivity index (χ3n) is 1.74. The molecule has 0 atom stereocenters. The second-order valence-corrected chi connectivity index (χ2v) is 2.94. The van der Waals surface area contributed by atoms with Crippen molar-refractivity contribution in [1.29, 1.82) is 0 Å². The summed E-state index contributed by atoms with van der Waals surface area (Å²) in [7, 11) is 1.38. The molecule has 0 aliphatic carbocycles. The second kappa shape index (κ2) is 5.17. The molecule has 0 amide bonds. The largest absolute Gasteiger partial charge is 0.469 e. The molecule has 0 saturated heterocycles. The first-order valence-corrected chi connectivity index (χ1v) is 4.38. The van der Waals surface area contributed by atoms with Crippen LogP contribution in [0.4, 0.5) is 0 Å². The first-order chi connectivity index (χ1) is 6.72. The average Bonchev–Trinajstić information content (AvgIpc) is 2.17. The Labute approximate surface area is 83.4 Å². The van der Waals surface area contributed by atoms with Gasteiger partial charge < -0.3 is 4.74 Å². The van der Waals surface area contributed by atoms with Crippen LogP contribution in [-0.2, 0) is 9.53 Å². The number of methoxy groups -OCH3 is 1. The summed E-state index contributed by atoms with van der Waals surface area (Å²) in [6, 6.07) is 3.88. The summed E-state index contributed by atoms with van der Waals surface area (Å²) in [5.74, 6) is -0.242. The molecule has 1 heterocycles. The Bertz CT molecular complexity index is 345. The molecule has 0 aromatic carbocycles. The average molecular weight is 191 g/mol. The van der Waals surface area contributed by atoms with Crippen molar-refractivity contribution in [3.05, 3.63) is 35.7 Å². The minimum atomic E-state index is -0.242. The molecular formula is C11H13NO2. The van der Waals surface area contributed by atoms with Crippen molar-refractivity contribution in [3.8, 4) is 0 Å². The third kappa shape index (κ3) is 3.39. The molecule has 1 rings (SSSR count). The number of esters is 1. The van der Waals surface area contributed by atoms with E-state index in [4.69, 9.17) is 0 Å². The number of hydrogen-bond donors (Lipinski definition) is 0. The van der Waals surface area contributed by atoms with E-state index in [1.54, 1.807) is 12.3 Å². The van der Waals surface area contributed by atoms with Gasteiger partial charge >= 0.3 is 5.97 Å². The molecule has 0 radical (unpaired) electrons. The van der Waals surface area contributed by atoms with E-state index in [2.05, 4.69) is 9.72 Å². The number of aryl methyl sites for hydroxylation is 1. The number of ether oxygens (including phenoxy) is 1. The molecule has 74 valence electrons. The Morgan fingerprint density at radius 1 is 1.64 bits per heavy atom. The van der Waals surface area contributed by atoms with E-state index in [9.17, 15) is 4.79 Å². The summed E-state index contributed by atoms with van der Waals surface area (Å²) < 4.78 is 4.50. The van der Waals surface area contributed by atoms with Crippen molar-refractivity contribution < 1.29 is 9.53 Å². The van der Waals surface area contributed by atoms with Crippen LogP contribution in [0.5, 0.6) is 0 Å². The molecule has 1 aromatic rings. The number of rotatable bonds is 3. The maximum atomic E-state index is 10.8. The topological polar surface area (TPSA) is 39.2 Å². The number of carbonyl (C=O) groups excluding carboxylic acids is 1. The van der Waals surface area contributed by atoms with Gasteiger partial charge in [0.15, 0.2) is 0 Å². The van der Waals surface area contributed by atoms with Crippen LogP contribution in [0.15, 0.2) is 24.4 Å². The van der Waals surface area contributed by atoms with Crippen molar-refractivity contribution >= 4 is 12.0 Å². The minimum Gasteiger partial charge on any atom is -0.469 e. The van der Waals surface area contributed by atoms with Gasteiger partial charge in [-0.25, -0.2) is 0 Å². The van der Waals surface area contributed by atoms with Crippen LogP contribution >= 0.6 is 0 Å². The van der Waals surface area contributed by atoms with Gasteiger partial charge in [0.05, 0.1) is 19.2 Å². The van der Waals surface area contributed by atoms with Crippen molar-refractivity contribution in [2.24, 2.45) is 0 Å². The Hall–Kier alpha value is -1.64. The van der Waals surface area contributed by atoms with E-state index in [-0.39, 0.29) is 12.4 Å². The first-order valence-electron chi connectivity index (χ1n) is 4.38. The molecule has 0 aliphatic heterocycles. The summed E-state index contributed by atoms with van der Waals surface area (Å²) in [6.45, 7) is 2.00. The Kier molecular flexibility index (Phi) is 3.85. The smallest absolute Gasteiger partial charge is 0.309 e. The molecule has 3 nitrogen and oxygen atoms in total. The van der Waals surface area contributed by atoms with E-state index in [0.717, 1.165) is 11.3 Å². The molecular weight excluding hydrogens is 178 g/mol. The van der Waals surface area contributed by atoms with Crippen LogP contribution in [0, 0.1) is 6.92 Å². The van der Waals surface area contributed by atoms with Crippen molar-refractivity contribution in [2.75, 3.05) is 7.11 Å². The highest BCUT2D eigenvalue weighted by Gasteiger charge is 1.94. The van der Waals surface area contributed by atoms with E-state index in [0.29, 0.717) is 0 Å². The van der Waals surface area contributed by atoms with Crippen LogP contribution in [-0.4, -0.2) is 18.1 Å². The fourth-order valence-corrected chi connectivity index (χ4v) is 1.01. The van der Waals surface area contributed by atoms with Crippen LogP contribution in [0.3, 0.4) is 0 Å². The lowest BCUT2D eigenvalue weighted by atomic mass is 10.2. The molecule has 1 aromatic heterocycles. The summed E-state index contributed by atoms with van der Waals surface area (Å²) in [6.07, 6.45) is 5.58. The van der Waals surface area contributed by atoms with Gasteiger partial charge in [0, 0.05) is 6.20 Å². The van der Waals surface area contributed by atoms with Gasteiger partial charge in [0.2, 0.25) is 0 Å². The van der Waals surface area contributed by atoms with Crippen LogP contribution < -0.4 is 0 Å². The van der Waals surface area contributed by atoms with Gasteiger partial charge in [-0.15, -0.1) is 0 Å². The Balaban J connectivity index is 2.56. The maximum absolute atomic E-state index is 10.8. The molecule has 0 aliphatic rings. The van der Waals surface area contributed by atoms with Gasteiger partial charge in [0.25, 0.3) is 0 Å². The standard InChI is InChI=1S/C11H13NO2/c1-9-6-7-12-10(8-9)4-3-5-11(13)14-2/h3-4,6-8H,5H2,1-2H3. The van der Waals surface area contributed by atoms with E-state index in [1.165, 1.54) is 7.11 Å². The zero-order valence-electron chi connectivity index (χ0n) is 8.36. The van der Waals surface area contributed by atoms with Gasteiger partial charge in [-0.2, -0.15) is 0 Å². The lowest BCUT2D eigenvalue weighted by Gasteiger charge is -1.94. The normalized spacial score (nSPS) is 10.4. The minimum absolute atomic E-state index is 0.242. The SMILES string of the molecule is COC(=O)CC=Cc1cc(C)ccn1. The van der Waals surface area contributed by atoms with Gasteiger partial charge in [0.1, 0.15) is 0 Å². The number of aromatic nitrogens is 1. The maximum Gasteiger partial charge on any atom is 0.309 e. The van der Waals surface area contributed by atoms with Crippen LogP contribution in [0.1, 0.15) is 17.7 Å². The van der Waals surface area contributed by atoms with Gasteiger partial charge in [-0.3, -0.25) is 9.78 Å². The lowest BCUT2D eigenvalue weighted by molar-refractivity contribution is -0.139. The molecule has 0 spiro atoms. The summed E-state index contributed by atoms with van der Waals surface area (Å²) >= 11 is 0. The lowest BCUT2D eigenvalue weighted by Crippen LogP contribution is -1.96. The molecule has 0 unspecified atom stereocenters. The van der Waals surface area contributed by atoms with E-state index >= 15 is 0 Å². The number of nitrogens with zero attached hydrogens (tertiary/aromatic N) is 1. The molecule has 0 N–H and O–H groups in total. The molecule has 3 heteroatoms. The first kappa shape index (κ1) is 10.4. The summed E-state index contributed by atoms with van der Waals surface area (Å²) in [4.78, 5) is 14.9. The van der Waals surface area contributed by atoms with Crippen molar-refractivity contribution in [3.63, 3.8) is 0 Å². The monoisotopic (exact) mass is 191 g/mol. The number of carbonyl (C=O) groups is 1. The molecule has 14 heavy (non-hydrogen) atoms. The number of hydrogen-bond acceptors (Lipinski definition) is 3. The number of pyridine rings is 1. The van der Waals surface area contributed by atoms with Crippen molar-refractivity contribution in [1.82, 2.24) is 4.98 Å². The second-order valence-electron chi connectivity index (χ2n) is 2.94. The summed E-state index contributed by atoms with van der Waals surface area (Å²) in [5.41, 5.74) is 2.01. The Morgan fingerprint density at radius 3 is 3.07 bits per heavy atom. The van der Waals surface area contributed by atoms with E-state index < -0.39 is 0 Å². The van der Waals surface area contributed by atoms with E-state index in [1.807, 2.05) is 25.1 Å². The highest BCUT2D eigenvalue weighted by atomic mass is 16.5. The molecule has 0 saturated carbocycles. The predicted molar refractivity (Wildman–Crippen MR) is 54.6 cm³/mol. The zero-order valence-corrected chi connectivity index (χ0v) is 8.36. The Morgan fingerprint density at radius 2 is 2.43 bits per heavy atom. The van der Waals surface area contributed by atoms with Crippen molar-refractivity contribution in [2.45, 2.75) is 13.3 Å². The molecule has 0 bridgehead atoms. The molecule has 0 fully saturated rings. The van der Waals surface area contributed by atoms with Crippen LogP contribution in [0.2, 0.25) is 0 Å². The highest BCUT2D eigenvalue weighted by Crippen LogP contribution is 2.02.